The fourth-order valence-corrected chi connectivity index (χ4v) is 2.82. The minimum atomic E-state index is 0.460. The Labute approximate surface area is 137 Å². The van der Waals surface area contributed by atoms with Gasteiger partial charge in [0.05, 0.1) is 7.11 Å². The van der Waals surface area contributed by atoms with Gasteiger partial charge >= 0.3 is 0 Å². The molecule has 1 aliphatic rings. The van der Waals surface area contributed by atoms with Crippen LogP contribution in [0.5, 0.6) is 5.75 Å². The van der Waals surface area contributed by atoms with Crippen LogP contribution in [-0.2, 0) is 6.54 Å². The standard InChI is InChI=1S/C19H23N3O/c1-20-19(21-13-15-10-6-7-11-18(15)23-2)22-17-12-16(17)14-8-4-3-5-9-14/h3-11,16-17H,12-13H2,1-2H3,(H2,20,21,22). The Balaban J connectivity index is 1.54. The van der Waals surface area contributed by atoms with Gasteiger partial charge in [-0.1, -0.05) is 48.5 Å². The second kappa shape index (κ2) is 7.18. The molecule has 120 valence electrons. The van der Waals surface area contributed by atoms with E-state index < -0.39 is 0 Å². The molecule has 3 rings (SSSR count). The fourth-order valence-electron chi connectivity index (χ4n) is 2.82. The smallest absolute Gasteiger partial charge is 0.191 e. The lowest BCUT2D eigenvalue weighted by Crippen LogP contribution is -2.38. The van der Waals surface area contributed by atoms with Crippen LogP contribution in [0.2, 0.25) is 0 Å². The Morgan fingerprint density at radius 3 is 2.61 bits per heavy atom. The number of nitrogens with zero attached hydrogens (tertiary/aromatic N) is 1. The van der Waals surface area contributed by atoms with E-state index in [0.29, 0.717) is 18.5 Å². The van der Waals surface area contributed by atoms with E-state index in [0.717, 1.165) is 23.7 Å². The number of hydrogen-bond acceptors (Lipinski definition) is 2. The summed E-state index contributed by atoms with van der Waals surface area (Å²) in [7, 11) is 3.50. The van der Waals surface area contributed by atoms with Crippen molar-refractivity contribution in [3.63, 3.8) is 0 Å². The van der Waals surface area contributed by atoms with Gasteiger partial charge in [0.1, 0.15) is 5.75 Å². The van der Waals surface area contributed by atoms with E-state index in [1.54, 1.807) is 14.2 Å². The van der Waals surface area contributed by atoms with E-state index in [1.165, 1.54) is 5.56 Å². The fraction of sp³-hybridized carbons (Fsp3) is 0.316. The molecule has 2 aromatic rings. The number of methoxy groups -OCH3 is 1. The SMILES string of the molecule is CN=C(NCc1ccccc1OC)NC1CC1c1ccccc1. The largest absolute Gasteiger partial charge is 0.496 e. The summed E-state index contributed by atoms with van der Waals surface area (Å²) in [4.78, 5) is 4.32. The van der Waals surface area contributed by atoms with Gasteiger partial charge in [-0.2, -0.15) is 0 Å². The van der Waals surface area contributed by atoms with Crippen molar-refractivity contribution in [1.29, 1.82) is 0 Å². The molecule has 4 heteroatoms. The summed E-state index contributed by atoms with van der Waals surface area (Å²) in [6.07, 6.45) is 1.15. The molecule has 2 atom stereocenters. The predicted octanol–water partition coefficient (Wildman–Crippen LogP) is 2.92. The molecule has 2 unspecified atom stereocenters. The molecule has 0 amide bonds. The molecule has 0 aliphatic heterocycles. The summed E-state index contributed by atoms with van der Waals surface area (Å²) in [6, 6.07) is 19.1. The summed E-state index contributed by atoms with van der Waals surface area (Å²) >= 11 is 0. The summed E-state index contributed by atoms with van der Waals surface area (Å²) in [5, 5.41) is 6.86. The van der Waals surface area contributed by atoms with Crippen LogP contribution in [-0.4, -0.2) is 26.2 Å². The van der Waals surface area contributed by atoms with E-state index in [4.69, 9.17) is 4.74 Å². The first-order valence-corrected chi connectivity index (χ1v) is 7.96. The lowest BCUT2D eigenvalue weighted by molar-refractivity contribution is 0.409. The van der Waals surface area contributed by atoms with E-state index in [-0.39, 0.29) is 0 Å². The monoisotopic (exact) mass is 309 g/mol. The van der Waals surface area contributed by atoms with Crippen molar-refractivity contribution in [2.24, 2.45) is 4.99 Å². The van der Waals surface area contributed by atoms with Gasteiger partial charge in [-0.3, -0.25) is 4.99 Å². The molecular formula is C19H23N3O. The molecule has 0 saturated heterocycles. The van der Waals surface area contributed by atoms with Crippen molar-refractivity contribution in [1.82, 2.24) is 10.6 Å². The number of ether oxygens (including phenoxy) is 1. The molecule has 2 N–H and O–H groups in total. The van der Waals surface area contributed by atoms with Crippen molar-refractivity contribution in [2.45, 2.75) is 24.9 Å². The third kappa shape index (κ3) is 3.83. The van der Waals surface area contributed by atoms with Gasteiger partial charge in [-0.15, -0.1) is 0 Å². The minimum absolute atomic E-state index is 0.460. The first-order valence-electron chi connectivity index (χ1n) is 7.96. The summed E-state index contributed by atoms with van der Waals surface area (Å²) in [6.45, 7) is 0.687. The highest BCUT2D eigenvalue weighted by Gasteiger charge is 2.38. The third-order valence-electron chi connectivity index (χ3n) is 4.20. The van der Waals surface area contributed by atoms with Crippen LogP contribution in [0, 0.1) is 0 Å². The van der Waals surface area contributed by atoms with Crippen molar-refractivity contribution < 1.29 is 4.74 Å². The molecule has 0 heterocycles. The van der Waals surface area contributed by atoms with Crippen LogP contribution in [0.4, 0.5) is 0 Å². The number of nitrogens with one attached hydrogen (secondary N) is 2. The third-order valence-corrected chi connectivity index (χ3v) is 4.20. The maximum atomic E-state index is 5.38. The summed E-state index contributed by atoms with van der Waals surface area (Å²) < 4.78 is 5.38. The van der Waals surface area contributed by atoms with Gasteiger partial charge in [-0.05, 0) is 18.1 Å². The number of para-hydroxylation sites is 1. The molecule has 23 heavy (non-hydrogen) atoms. The van der Waals surface area contributed by atoms with E-state index >= 15 is 0 Å². The predicted molar refractivity (Wildman–Crippen MR) is 93.9 cm³/mol. The topological polar surface area (TPSA) is 45.7 Å². The average molecular weight is 309 g/mol. The molecule has 0 radical (unpaired) electrons. The Hall–Kier alpha value is -2.49. The first kappa shape index (κ1) is 15.4. The second-order valence-electron chi connectivity index (χ2n) is 5.74. The molecule has 4 nitrogen and oxygen atoms in total. The van der Waals surface area contributed by atoms with E-state index in [2.05, 4.69) is 52.0 Å². The Morgan fingerprint density at radius 1 is 1.13 bits per heavy atom. The van der Waals surface area contributed by atoms with Gasteiger partial charge in [0.25, 0.3) is 0 Å². The van der Waals surface area contributed by atoms with Crippen molar-refractivity contribution >= 4 is 5.96 Å². The quantitative estimate of drug-likeness (QED) is 0.659. The Bertz CT molecular complexity index is 669. The first-order chi connectivity index (χ1) is 11.3. The molecule has 0 aromatic heterocycles. The maximum absolute atomic E-state index is 5.38. The van der Waals surface area contributed by atoms with Crippen LogP contribution < -0.4 is 15.4 Å². The highest BCUT2D eigenvalue weighted by atomic mass is 16.5. The highest BCUT2D eigenvalue weighted by molar-refractivity contribution is 5.80. The second-order valence-corrected chi connectivity index (χ2v) is 5.74. The van der Waals surface area contributed by atoms with Gasteiger partial charge in [0, 0.05) is 31.1 Å². The van der Waals surface area contributed by atoms with E-state index in [1.807, 2.05) is 18.2 Å². The van der Waals surface area contributed by atoms with Gasteiger partial charge in [-0.25, -0.2) is 0 Å². The average Bonchev–Trinajstić information content (AvgIpc) is 3.39. The van der Waals surface area contributed by atoms with Gasteiger partial charge in [0.2, 0.25) is 0 Å². The van der Waals surface area contributed by atoms with Gasteiger partial charge < -0.3 is 15.4 Å². The lowest BCUT2D eigenvalue weighted by Gasteiger charge is -2.13. The van der Waals surface area contributed by atoms with Crippen LogP contribution >= 0.6 is 0 Å². The zero-order chi connectivity index (χ0) is 16.1. The molecule has 0 bridgehead atoms. The van der Waals surface area contributed by atoms with E-state index in [9.17, 15) is 0 Å². The molecule has 1 aliphatic carbocycles. The molecule has 1 saturated carbocycles. The lowest BCUT2D eigenvalue weighted by atomic mass is 10.1. The van der Waals surface area contributed by atoms with Crippen molar-refractivity contribution in [2.75, 3.05) is 14.2 Å². The molecule has 1 fully saturated rings. The van der Waals surface area contributed by atoms with Crippen LogP contribution in [0.3, 0.4) is 0 Å². The van der Waals surface area contributed by atoms with Gasteiger partial charge in [0.15, 0.2) is 5.96 Å². The Kier molecular flexibility index (Phi) is 4.81. The minimum Gasteiger partial charge on any atom is -0.496 e. The molecular weight excluding hydrogens is 286 g/mol. The number of aliphatic imine (C=N–C) groups is 1. The molecule has 2 aromatic carbocycles. The highest BCUT2D eigenvalue weighted by Crippen LogP contribution is 2.40. The normalized spacial score (nSPS) is 20.0. The molecule has 0 spiro atoms. The number of benzene rings is 2. The van der Waals surface area contributed by atoms with Crippen LogP contribution in [0.15, 0.2) is 59.6 Å². The van der Waals surface area contributed by atoms with Crippen LogP contribution in [0.25, 0.3) is 0 Å². The Morgan fingerprint density at radius 2 is 1.87 bits per heavy atom. The maximum Gasteiger partial charge on any atom is 0.191 e. The van der Waals surface area contributed by atoms with Crippen molar-refractivity contribution in [3.8, 4) is 5.75 Å². The zero-order valence-electron chi connectivity index (χ0n) is 13.6. The van der Waals surface area contributed by atoms with Crippen LogP contribution in [0.1, 0.15) is 23.5 Å². The summed E-state index contributed by atoms with van der Waals surface area (Å²) in [5.41, 5.74) is 2.51. The van der Waals surface area contributed by atoms with Crippen molar-refractivity contribution in [3.05, 3.63) is 65.7 Å². The summed E-state index contributed by atoms with van der Waals surface area (Å²) in [5.74, 6) is 2.31. The zero-order valence-corrected chi connectivity index (χ0v) is 13.6. The number of guanidine groups is 1. The number of rotatable bonds is 5. The number of hydrogen-bond donors (Lipinski definition) is 2.